The lowest BCUT2D eigenvalue weighted by Gasteiger charge is -2.11. The number of anilines is 2. The van der Waals surface area contributed by atoms with Gasteiger partial charge in [0.1, 0.15) is 18.6 Å². The fraction of sp³-hybridized carbons (Fsp3) is 0.190. The van der Waals surface area contributed by atoms with E-state index in [-0.39, 0.29) is 0 Å². The molecule has 1 aromatic carbocycles. The van der Waals surface area contributed by atoms with Gasteiger partial charge in [0.15, 0.2) is 5.65 Å². The Bertz CT molecular complexity index is 1150. The average molecular weight is 470 g/mol. The van der Waals surface area contributed by atoms with Crippen molar-refractivity contribution in [1.82, 2.24) is 14.6 Å². The molecule has 0 saturated carbocycles. The summed E-state index contributed by atoms with van der Waals surface area (Å²) in [4.78, 5) is 4.73. The Kier molecular flexibility index (Phi) is 6.10. The van der Waals surface area contributed by atoms with Crippen molar-refractivity contribution < 1.29 is 14.7 Å². The van der Waals surface area contributed by atoms with E-state index in [0.717, 1.165) is 37.5 Å². The Hall–Kier alpha value is -3.17. The Morgan fingerprint density at radius 3 is 2.77 bits per heavy atom. The van der Waals surface area contributed by atoms with E-state index in [2.05, 4.69) is 31.7 Å². The molecule has 4 aromatic rings. The first-order valence-electron chi connectivity index (χ1n) is 9.46. The molecule has 154 valence electrons. The molecule has 8 nitrogen and oxygen atoms in total. The van der Waals surface area contributed by atoms with E-state index in [4.69, 9.17) is 9.72 Å². The molecule has 0 spiro atoms. The first-order valence-corrected chi connectivity index (χ1v) is 10.3. The molecule has 9 heteroatoms. The van der Waals surface area contributed by atoms with Gasteiger partial charge in [0.2, 0.25) is 0 Å². The third-order valence-electron chi connectivity index (χ3n) is 4.57. The van der Waals surface area contributed by atoms with E-state index >= 15 is 0 Å². The largest absolute Gasteiger partial charge is 0.381 e. The highest BCUT2D eigenvalue weighted by molar-refractivity contribution is 9.10. The van der Waals surface area contributed by atoms with E-state index in [1.807, 2.05) is 48.5 Å². The van der Waals surface area contributed by atoms with Gasteiger partial charge in [0.25, 0.3) is 0 Å². The molecule has 3 heterocycles. The summed E-state index contributed by atoms with van der Waals surface area (Å²) in [5.74, 6) is 1.40. The smallest absolute Gasteiger partial charge is 0.313 e. The summed E-state index contributed by atoms with van der Waals surface area (Å²) in [6.07, 6.45) is 3.39. The van der Waals surface area contributed by atoms with E-state index in [1.165, 1.54) is 0 Å². The number of aromatic nitrogens is 4. The number of fused-ring (bicyclic) bond motifs is 1. The number of halogens is 1. The first-order chi connectivity index (χ1) is 14.7. The fourth-order valence-corrected chi connectivity index (χ4v) is 3.42. The van der Waals surface area contributed by atoms with Crippen LogP contribution in [0.2, 0.25) is 0 Å². The standard InChI is InChI=1S/C21H21BrN6O2/c1-30-10-9-23-19-8-7-15(14-27(19)29)12-24-20-11-18(16-5-3-2-4-6-16)26-21-17(22)13-25-28(20)21/h2-8,11,13-14,29H,9-10,12H2,1H3,(H,24,25,26)/p+1. The fourth-order valence-electron chi connectivity index (χ4n) is 3.07. The summed E-state index contributed by atoms with van der Waals surface area (Å²) >= 11 is 3.52. The van der Waals surface area contributed by atoms with Crippen LogP contribution < -0.4 is 15.4 Å². The molecule has 0 aliphatic rings. The SMILES string of the molecule is COCCNc1ccc(CNc2cc(-c3ccccc3)nc3c(Br)cnn23)c[n+]1O. The van der Waals surface area contributed by atoms with Gasteiger partial charge in [0, 0.05) is 36.9 Å². The molecule has 0 amide bonds. The van der Waals surface area contributed by atoms with Crippen LogP contribution in [0.15, 0.2) is 65.4 Å². The predicted octanol–water partition coefficient (Wildman–Crippen LogP) is 3.35. The number of benzene rings is 1. The van der Waals surface area contributed by atoms with E-state index in [0.29, 0.717) is 25.5 Å². The molecule has 3 aromatic heterocycles. The highest BCUT2D eigenvalue weighted by Gasteiger charge is 2.13. The summed E-state index contributed by atoms with van der Waals surface area (Å²) in [6, 6.07) is 15.8. The second-order valence-corrected chi connectivity index (χ2v) is 7.52. The minimum absolute atomic E-state index is 0.504. The zero-order valence-electron chi connectivity index (χ0n) is 16.4. The zero-order chi connectivity index (χ0) is 20.9. The lowest BCUT2D eigenvalue weighted by molar-refractivity contribution is -0.893. The van der Waals surface area contributed by atoms with Crippen molar-refractivity contribution in [2.24, 2.45) is 0 Å². The van der Waals surface area contributed by atoms with Crippen LogP contribution in [0.3, 0.4) is 0 Å². The third kappa shape index (κ3) is 4.37. The molecule has 0 saturated heterocycles. The van der Waals surface area contributed by atoms with Crippen LogP contribution in [0.4, 0.5) is 11.6 Å². The highest BCUT2D eigenvalue weighted by atomic mass is 79.9. The van der Waals surface area contributed by atoms with Gasteiger partial charge in [-0.1, -0.05) is 35.1 Å². The van der Waals surface area contributed by atoms with Crippen molar-refractivity contribution in [3.63, 3.8) is 0 Å². The van der Waals surface area contributed by atoms with Gasteiger partial charge in [-0.2, -0.15) is 9.61 Å². The van der Waals surface area contributed by atoms with Crippen LogP contribution >= 0.6 is 15.9 Å². The number of methoxy groups -OCH3 is 1. The van der Waals surface area contributed by atoms with Crippen LogP contribution in [-0.2, 0) is 11.3 Å². The van der Waals surface area contributed by atoms with E-state index in [1.54, 1.807) is 24.0 Å². The van der Waals surface area contributed by atoms with Gasteiger partial charge in [-0.15, -0.1) is 0 Å². The van der Waals surface area contributed by atoms with Gasteiger partial charge >= 0.3 is 5.82 Å². The number of ether oxygens (including phenoxy) is 1. The van der Waals surface area contributed by atoms with Gasteiger partial charge in [-0.05, 0) is 22.0 Å². The van der Waals surface area contributed by atoms with E-state index < -0.39 is 0 Å². The van der Waals surface area contributed by atoms with Crippen LogP contribution in [0, 0.1) is 0 Å². The Morgan fingerprint density at radius 1 is 1.17 bits per heavy atom. The number of hydrogen-bond donors (Lipinski definition) is 3. The van der Waals surface area contributed by atoms with Gasteiger partial charge in [-0.3, -0.25) is 5.32 Å². The van der Waals surface area contributed by atoms with Crippen molar-refractivity contribution in [1.29, 1.82) is 0 Å². The van der Waals surface area contributed by atoms with Crippen LogP contribution in [0.1, 0.15) is 5.56 Å². The number of nitrogens with zero attached hydrogens (tertiary/aromatic N) is 4. The topological polar surface area (TPSA) is 87.6 Å². The molecule has 0 atom stereocenters. The molecular weight excluding hydrogens is 448 g/mol. The molecule has 0 radical (unpaired) electrons. The van der Waals surface area contributed by atoms with Gasteiger partial charge in [0.05, 0.1) is 23.0 Å². The maximum absolute atomic E-state index is 10.2. The molecule has 0 unspecified atom stereocenters. The number of hydrogen-bond acceptors (Lipinski definition) is 6. The lowest BCUT2D eigenvalue weighted by Crippen LogP contribution is -2.35. The molecular formula is C21H22BrN6O2+. The summed E-state index contributed by atoms with van der Waals surface area (Å²) in [6.45, 7) is 1.67. The second kappa shape index (κ2) is 9.10. The molecule has 0 aliphatic carbocycles. The van der Waals surface area contributed by atoms with Crippen molar-refractivity contribution in [3.8, 4) is 11.3 Å². The summed E-state index contributed by atoms with van der Waals surface area (Å²) in [7, 11) is 1.64. The third-order valence-corrected chi connectivity index (χ3v) is 5.13. The monoisotopic (exact) mass is 469 g/mol. The lowest BCUT2D eigenvalue weighted by atomic mass is 10.1. The zero-order valence-corrected chi connectivity index (χ0v) is 18.0. The maximum atomic E-state index is 10.2. The summed E-state index contributed by atoms with van der Waals surface area (Å²) in [5, 5.41) is 21.1. The summed E-state index contributed by atoms with van der Waals surface area (Å²) < 4.78 is 8.67. The van der Waals surface area contributed by atoms with E-state index in [9.17, 15) is 5.21 Å². The molecule has 4 rings (SSSR count). The van der Waals surface area contributed by atoms with Gasteiger partial charge < -0.3 is 15.3 Å². The van der Waals surface area contributed by atoms with Crippen molar-refractivity contribution in [2.75, 3.05) is 30.9 Å². The average Bonchev–Trinajstić information content (AvgIpc) is 3.15. The van der Waals surface area contributed by atoms with Crippen molar-refractivity contribution in [3.05, 3.63) is 71.0 Å². The maximum Gasteiger partial charge on any atom is 0.313 e. The minimum Gasteiger partial charge on any atom is -0.381 e. The van der Waals surface area contributed by atoms with Crippen LogP contribution in [0.5, 0.6) is 0 Å². The Morgan fingerprint density at radius 2 is 2.00 bits per heavy atom. The number of rotatable bonds is 8. The van der Waals surface area contributed by atoms with Crippen LogP contribution in [-0.4, -0.2) is 40.1 Å². The molecule has 0 fully saturated rings. The summed E-state index contributed by atoms with van der Waals surface area (Å²) in [5.41, 5.74) is 3.51. The number of pyridine rings is 1. The molecule has 0 bridgehead atoms. The Labute approximate surface area is 182 Å². The normalized spacial score (nSPS) is 11.0. The second-order valence-electron chi connectivity index (χ2n) is 6.66. The first kappa shape index (κ1) is 20.1. The number of nitrogens with one attached hydrogen (secondary N) is 2. The van der Waals surface area contributed by atoms with Crippen molar-refractivity contribution >= 4 is 33.2 Å². The molecule has 30 heavy (non-hydrogen) atoms. The molecule has 3 N–H and O–H groups in total. The van der Waals surface area contributed by atoms with Gasteiger partial charge in [-0.25, -0.2) is 4.98 Å². The predicted molar refractivity (Wildman–Crippen MR) is 118 cm³/mol. The minimum atomic E-state index is 0.504. The highest BCUT2D eigenvalue weighted by Crippen LogP contribution is 2.26. The molecule has 0 aliphatic heterocycles. The quantitative estimate of drug-likeness (QED) is 0.208. The van der Waals surface area contributed by atoms with Crippen LogP contribution in [0.25, 0.3) is 16.9 Å². The Balaban J connectivity index is 1.57. The van der Waals surface area contributed by atoms with Crippen molar-refractivity contribution in [2.45, 2.75) is 6.54 Å².